The molecular formula is C18H19BrO3S. The van der Waals surface area contributed by atoms with Gasteiger partial charge in [-0.1, -0.05) is 15.9 Å². The van der Waals surface area contributed by atoms with E-state index in [0.717, 1.165) is 52.3 Å². The van der Waals surface area contributed by atoms with Gasteiger partial charge in [-0.15, -0.1) is 0 Å². The zero-order chi connectivity index (χ0) is 15.5. The van der Waals surface area contributed by atoms with Crippen LogP contribution in [0, 0.1) is 47.3 Å². The molecule has 9 atom stereocenters. The average Bonchev–Trinajstić information content (AvgIpc) is 3.28. The number of halogens is 1. The van der Waals surface area contributed by atoms with Crippen molar-refractivity contribution < 1.29 is 12.6 Å². The van der Waals surface area contributed by atoms with Gasteiger partial charge in [-0.3, -0.25) is 4.18 Å². The predicted molar refractivity (Wildman–Crippen MR) is 88.0 cm³/mol. The van der Waals surface area contributed by atoms with Gasteiger partial charge in [0.15, 0.2) is 0 Å². The van der Waals surface area contributed by atoms with Crippen molar-refractivity contribution in [3.63, 3.8) is 0 Å². The molecule has 5 heteroatoms. The molecule has 23 heavy (non-hydrogen) atoms. The number of benzene rings is 1. The molecule has 6 saturated carbocycles. The van der Waals surface area contributed by atoms with Gasteiger partial charge in [0, 0.05) is 4.47 Å². The van der Waals surface area contributed by atoms with E-state index in [2.05, 4.69) is 15.9 Å². The Bertz CT molecular complexity index is 781. The highest BCUT2D eigenvalue weighted by Gasteiger charge is 2.79. The molecule has 0 aromatic heterocycles. The predicted octanol–water partition coefficient (Wildman–Crippen LogP) is 3.69. The van der Waals surface area contributed by atoms with Crippen molar-refractivity contribution in [2.24, 2.45) is 47.3 Å². The van der Waals surface area contributed by atoms with Gasteiger partial charge in [0.2, 0.25) is 0 Å². The Labute approximate surface area is 145 Å². The van der Waals surface area contributed by atoms with E-state index in [1.807, 2.05) is 0 Å². The Balaban J connectivity index is 1.29. The minimum absolute atomic E-state index is 0.0635. The lowest BCUT2D eigenvalue weighted by atomic mass is 9.70. The smallest absolute Gasteiger partial charge is 0.263 e. The van der Waals surface area contributed by atoms with E-state index in [9.17, 15) is 8.42 Å². The van der Waals surface area contributed by atoms with Gasteiger partial charge >= 0.3 is 0 Å². The maximum Gasteiger partial charge on any atom is 0.297 e. The average molecular weight is 395 g/mol. The summed E-state index contributed by atoms with van der Waals surface area (Å²) in [6.45, 7) is 0. The summed E-state index contributed by atoms with van der Waals surface area (Å²) in [5, 5.41) is 0. The van der Waals surface area contributed by atoms with Gasteiger partial charge in [0.25, 0.3) is 10.1 Å². The number of hydrogen-bond donors (Lipinski definition) is 0. The van der Waals surface area contributed by atoms with E-state index in [0.29, 0.717) is 5.92 Å². The van der Waals surface area contributed by atoms with Gasteiger partial charge in [-0.05, 0) is 90.9 Å². The molecular weight excluding hydrogens is 376 g/mol. The molecule has 1 aromatic carbocycles. The van der Waals surface area contributed by atoms with Crippen LogP contribution >= 0.6 is 15.9 Å². The van der Waals surface area contributed by atoms with E-state index in [-0.39, 0.29) is 11.0 Å². The van der Waals surface area contributed by atoms with E-state index in [1.165, 1.54) is 12.8 Å². The summed E-state index contributed by atoms with van der Waals surface area (Å²) in [5.74, 6) is 6.59. The molecule has 0 heterocycles. The topological polar surface area (TPSA) is 43.4 Å². The summed E-state index contributed by atoms with van der Waals surface area (Å²) < 4.78 is 31.9. The summed E-state index contributed by atoms with van der Waals surface area (Å²) in [4.78, 5) is 0.280. The largest absolute Gasteiger partial charge is 0.297 e. The molecule has 0 amide bonds. The second-order valence-corrected chi connectivity index (χ2v) is 10.7. The monoisotopic (exact) mass is 394 g/mol. The lowest BCUT2D eigenvalue weighted by Crippen LogP contribution is -2.37. The molecule has 6 aliphatic carbocycles. The highest BCUT2D eigenvalue weighted by Crippen LogP contribution is 2.82. The Morgan fingerprint density at radius 2 is 1.48 bits per heavy atom. The highest BCUT2D eigenvalue weighted by atomic mass is 79.9. The normalized spacial score (nSPS) is 51.3. The second kappa shape index (κ2) is 4.23. The van der Waals surface area contributed by atoms with Crippen LogP contribution in [0.15, 0.2) is 33.6 Å². The minimum atomic E-state index is -3.64. The zero-order valence-corrected chi connectivity index (χ0v) is 15.0. The van der Waals surface area contributed by atoms with Gasteiger partial charge in [-0.25, -0.2) is 0 Å². The van der Waals surface area contributed by atoms with Crippen LogP contribution in [0.5, 0.6) is 0 Å². The third-order valence-corrected chi connectivity index (χ3v) is 9.74. The molecule has 122 valence electrons. The molecule has 0 radical (unpaired) electrons. The molecule has 0 aliphatic heterocycles. The van der Waals surface area contributed by atoms with E-state index >= 15 is 0 Å². The first-order valence-corrected chi connectivity index (χ1v) is 11.0. The van der Waals surface area contributed by atoms with Crippen molar-refractivity contribution in [2.45, 2.75) is 30.3 Å². The fourth-order valence-corrected chi connectivity index (χ4v) is 9.15. The molecule has 6 aliphatic rings. The standard InChI is InChI=1S/C18H19BrO3S/c19-8-1-3-9(4-2-8)23(20,21)22-13-7-12-15-10-5-6-11-14(10)17(12)18(13)16(11)15/h1-4,10-18H,5-7H2/t10-,11-,12-,13+,14-,15+,16+,17-,18+/m1/s1. The summed E-state index contributed by atoms with van der Waals surface area (Å²) >= 11 is 3.35. The number of hydrogen-bond acceptors (Lipinski definition) is 3. The summed E-state index contributed by atoms with van der Waals surface area (Å²) in [6.07, 6.45) is 3.75. The molecule has 0 spiro atoms. The zero-order valence-electron chi connectivity index (χ0n) is 12.6. The van der Waals surface area contributed by atoms with Crippen molar-refractivity contribution in [1.29, 1.82) is 0 Å². The van der Waals surface area contributed by atoms with Gasteiger partial charge < -0.3 is 0 Å². The van der Waals surface area contributed by atoms with Gasteiger partial charge in [0.1, 0.15) is 0 Å². The third-order valence-electron chi connectivity index (χ3n) is 7.86. The van der Waals surface area contributed by atoms with E-state index in [4.69, 9.17) is 4.18 Å². The Hall–Kier alpha value is -0.390. The van der Waals surface area contributed by atoms with Crippen LogP contribution in [0.3, 0.4) is 0 Å². The molecule has 8 bridgehead atoms. The lowest BCUT2D eigenvalue weighted by Gasteiger charge is -2.38. The molecule has 3 nitrogen and oxygen atoms in total. The van der Waals surface area contributed by atoms with Crippen molar-refractivity contribution in [3.8, 4) is 0 Å². The first-order valence-electron chi connectivity index (χ1n) is 8.75. The first kappa shape index (κ1) is 13.9. The van der Waals surface area contributed by atoms with Crippen LogP contribution in [0.1, 0.15) is 19.3 Å². The van der Waals surface area contributed by atoms with Crippen molar-refractivity contribution >= 4 is 26.0 Å². The van der Waals surface area contributed by atoms with Crippen molar-refractivity contribution in [1.82, 2.24) is 0 Å². The molecule has 0 N–H and O–H groups in total. The Morgan fingerprint density at radius 1 is 0.870 bits per heavy atom. The minimum Gasteiger partial charge on any atom is -0.263 e. The van der Waals surface area contributed by atoms with Crippen LogP contribution in [0.25, 0.3) is 0 Å². The second-order valence-electron chi connectivity index (χ2n) is 8.23. The third kappa shape index (κ3) is 1.53. The van der Waals surface area contributed by atoms with Gasteiger partial charge in [-0.2, -0.15) is 8.42 Å². The lowest BCUT2D eigenvalue weighted by molar-refractivity contribution is 0.0471. The van der Waals surface area contributed by atoms with Crippen LogP contribution < -0.4 is 0 Å². The molecule has 7 rings (SSSR count). The Morgan fingerprint density at radius 3 is 2.22 bits per heavy atom. The first-order chi connectivity index (χ1) is 11.1. The quantitative estimate of drug-likeness (QED) is 0.734. The summed E-state index contributed by atoms with van der Waals surface area (Å²) in [7, 11) is -3.64. The van der Waals surface area contributed by atoms with Crippen LogP contribution in [0.4, 0.5) is 0 Å². The van der Waals surface area contributed by atoms with E-state index in [1.54, 1.807) is 24.3 Å². The molecule has 0 unspecified atom stereocenters. The van der Waals surface area contributed by atoms with Crippen molar-refractivity contribution in [3.05, 3.63) is 28.7 Å². The molecule has 1 aromatic rings. The maximum absolute atomic E-state index is 12.6. The SMILES string of the molecule is O=S(=O)(O[C@H]1C[C@@H]2[C@@H]3[C@@H]4CC[C@@H]5[C@@H]4[C@@H]2[C@@H]1[C@@H]53)c1ccc(Br)cc1. The fraction of sp³-hybridized carbons (Fsp3) is 0.667. The van der Waals surface area contributed by atoms with E-state index < -0.39 is 10.1 Å². The van der Waals surface area contributed by atoms with Crippen LogP contribution in [-0.4, -0.2) is 14.5 Å². The molecule has 6 fully saturated rings. The Kier molecular flexibility index (Phi) is 2.54. The number of rotatable bonds is 3. The summed E-state index contributed by atoms with van der Waals surface area (Å²) in [5.41, 5.74) is 0. The molecule has 0 saturated heterocycles. The summed E-state index contributed by atoms with van der Waals surface area (Å²) in [6, 6.07) is 6.77. The fourth-order valence-electron chi connectivity index (χ4n) is 7.77. The maximum atomic E-state index is 12.6. The van der Waals surface area contributed by atoms with Crippen LogP contribution in [-0.2, 0) is 14.3 Å². The van der Waals surface area contributed by atoms with Gasteiger partial charge in [0.05, 0.1) is 11.0 Å². The van der Waals surface area contributed by atoms with Crippen LogP contribution in [0.2, 0.25) is 0 Å². The highest BCUT2D eigenvalue weighted by molar-refractivity contribution is 9.10. The van der Waals surface area contributed by atoms with Crippen molar-refractivity contribution in [2.75, 3.05) is 0 Å².